The third-order valence-electron chi connectivity index (χ3n) is 12.7. The lowest BCUT2D eigenvalue weighted by Crippen LogP contribution is -2.61. The number of esters is 1. The van der Waals surface area contributed by atoms with Gasteiger partial charge in [-0.25, -0.2) is 14.0 Å². The third-order valence-corrected chi connectivity index (χ3v) is 12.7. The minimum absolute atomic E-state index is 0.00293. The van der Waals surface area contributed by atoms with Crippen LogP contribution in [0.25, 0.3) is 10.9 Å². The Hall–Kier alpha value is -3.76. The number of aliphatic hydroxyl groups is 1. The Morgan fingerprint density at radius 3 is 2.41 bits per heavy atom. The zero-order valence-corrected chi connectivity index (χ0v) is 35.8. The molecule has 3 aliphatic rings. The number of hydrogen-bond donors (Lipinski definition) is 2. The van der Waals surface area contributed by atoms with Crippen molar-refractivity contribution in [3.63, 3.8) is 0 Å². The number of pyridine rings is 1. The average molecular weight is 815 g/mol. The Bertz CT molecular complexity index is 1810. The number of likely N-dealkylation sites (N-methyl/N-ethyl adjacent to an activating group) is 1. The summed E-state index contributed by atoms with van der Waals surface area (Å²) in [5, 5.41) is 15.7. The summed E-state index contributed by atoms with van der Waals surface area (Å²) in [6.07, 6.45) is -3.19. The van der Waals surface area contributed by atoms with E-state index in [4.69, 9.17) is 23.7 Å². The number of halogens is 1. The molecule has 322 valence electrons. The smallest absolute Gasteiger partial charge is 0.410 e. The van der Waals surface area contributed by atoms with Crippen molar-refractivity contribution in [2.75, 3.05) is 39.6 Å². The van der Waals surface area contributed by atoms with Gasteiger partial charge in [0.2, 0.25) is 0 Å². The number of carbonyl (C=O) groups excluding carboxylic acids is 4. The number of ether oxygens (including phenoxy) is 5. The number of hydrogen-bond acceptors (Lipinski definition) is 13. The first-order valence-electron chi connectivity index (χ1n) is 20.5. The van der Waals surface area contributed by atoms with Gasteiger partial charge >= 0.3 is 12.1 Å². The van der Waals surface area contributed by atoms with Crippen LogP contribution in [0.3, 0.4) is 0 Å². The number of alkyl halides is 1. The second-order valence-corrected chi connectivity index (χ2v) is 17.3. The average Bonchev–Trinajstić information content (AvgIpc) is 3.45. The monoisotopic (exact) mass is 814 g/mol. The van der Waals surface area contributed by atoms with Crippen molar-refractivity contribution in [3.05, 3.63) is 36.5 Å². The first kappa shape index (κ1) is 45.3. The van der Waals surface area contributed by atoms with Crippen LogP contribution in [0, 0.1) is 17.8 Å². The molecule has 0 bridgehead atoms. The van der Waals surface area contributed by atoms with Gasteiger partial charge in [0, 0.05) is 49.4 Å². The summed E-state index contributed by atoms with van der Waals surface area (Å²) in [5.41, 5.74) is -4.55. The molecule has 3 fully saturated rings. The number of benzene rings is 1. The zero-order valence-electron chi connectivity index (χ0n) is 35.8. The third kappa shape index (κ3) is 8.89. The lowest BCUT2D eigenvalue weighted by molar-refractivity contribution is -0.295. The highest BCUT2D eigenvalue weighted by Gasteiger charge is 2.61. The second kappa shape index (κ2) is 17.8. The number of amides is 1. The van der Waals surface area contributed by atoms with E-state index in [-0.39, 0.29) is 37.3 Å². The van der Waals surface area contributed by atoms with Crippen LogP contribution in [0.15, 0.2) is 36.5 Å². The first-order chi connectivity index (χ1) is 27.2. The zero-order chi connectivity index (χ0) is 42.9. The molecule has 1 aromatic carbocycles. The van der Waals surface area contributed by atoms with Crippen molar-refractivity contribution in [1.29, 1.82) is 0 Å². The molecule has 3 aliphatic heterocycles. The summed E-state index contributed by atoms with van der Waals surface area (Å²) >= 11 is 0. The second-order valence-electron chi connectivity index (χ2n) is 17.3. The molecule has 0 unspecified atom stereocenters. The number of Topliss-reactive ketones (excluding diaryl/α,β-unsaturated/α-hetero) is 2. The molecule has 5 rings (SSSR count). The maximum absolute atomic E-state index is 16.9. The number of aliphatic hydroxyl groups excluding tert-OH is 1. The molecular weight excluding hydrogens is 751 g/mol. The standard InChI is InChI=1S/C43H63FN4O10/c1-12-32-43(8)35(48(40(53)58-43)19-15-18-45-29-21-28-16-13-14-17-30(28)46-23-29)26(4)33(49)24(2)22-41(6,54-11)37(27(5)36(51)42(7,44)39(52)56-32)57-38-34(50)31(47(9)10)20-25(3)55-38/h13-14,16-17,21,23-27,31-32,34-35,37-38,45,50H,12,15,18-20,22H2,1-11H3/t24-,25-,26+,27+,31+,32-,34-,35-,37-,38+,41+,42+,43-/m1/s1. The topological polar surface area (TPSA) is 166 Å². The van der Waals surface area contributed by atoms with Crippen molar-refractivity contribution in [3.8, 4) is 0 Å². The molecule has 2 N–H and O–H groups in total. The Morgan fingerprint density at radius 1 is 1.07 bits per heavy atom. The maximum Gasteiger partial charge on any atom is 0.410 e. The van der Waals surface area contributed by atoms with Crippen LogP contribution in [0.2, 0.25) is 0 Å². The van der Waals surface area contributed by atoms with Gasteiger partial charge < -0.3 is 43.9 Å². The number of anilines is 1. The summed E-state index contributed by atoms with van der Waals surface area (Å²) in [7, 11) is 5.05. The number of methoxy groups -OCH3 is 1. The van der Waals surface area contributed by atoms with E-state index >= 15 is 4.39 Å². The minimum atomic E-state index is -3.18. The molecule has 4 heterocycles. The Balaban J connectivity index is 1.48. The fourth-order valence-electron chi connectivity index (χ4n) is 9.36. The summed E-state index contributed by atoms with van der Waals surface area (Å²) in [6.45, 7) is 13.2. The maximum atomic E-state index is 16.9. The van der Waals surface area contributed by atoms with Crippen LogP contribution < -0.4 is 5.32 Å². The Kier molecular flexibility index (Phi) is 13.9. The lowest BCUT2D eigenvalue weighted by atomic mass is 9.73. The summed E-state index contributed by atoms with van der Waals surface area (Å²) in [5.74, 6) is -5.80. The van der Waals surface area contributed by atoms with E-state index in [1.165, 1.54) is 18.9 Å². The fraction of sp³-hybridized carbons (Fsp3) is 0.698. The van der Waals surface area contributed by atoms with Crippen molar-refractivity contribution >= 4 is 40.2 Å². The van der Waals surface area contributed by atoms with Crippen molar-refractivity contribution in [2.45, 2.75) is 141 Å². The Morgan fingerprint density at radius 2 is 1.76 bits per heavy atom. The van der Waals surface area contributed by atoms with Gasteiger partial charge in [-0.1, -0.05) is 45.9 Å². The van der Waals surface area contributed by atoms with Gasteiger partial charge in [0.1, 0.15) is 18.0 Å². The van der Waals surface area contributed by atoms with Crippen molar-refractivity contribution < 1.29 is 52.4 Å². The summed E-state index contributed by atoms with van der Waals surface area (Å²) in [4.78, 5) is 64.5. The van der Waals surface area contributed by atoms with E-state index < -0.39 is 83.1 Å². The Labute approximate surface area is 341 Å². The lowest BCUT2D eigenvalue weighted by Gasteiger charge is -2.47. The minimum Gasteiger partial charge on any atom is -0.455 e. The first-order valence-corrected chi connectivity index (χ1v) is 20.5. The van der Waals surface area contributed by atoms with Crippen LogP contribution in [-0.2, 0) is 38.1 Å². The molecule has 13 atom stereocenters. The van der Waals surface area contributed by atoms with Crippen LogP contribution in [0.5, 0.6) is 0 Å². The molecule has 2 aromatic rings. The molecule has 14 nitrogen and oxygen atoms in total. The predicted octanol–water partition coefficient (Wildman–Crippen LogP) is 5.33. The summed E-state index contributed by atoms with van der Waals surface area (Å²) < 4.78 is 47.4. The van der Waals surface area contributed by atoms with Crippen LogP contribution in [0.4, 0.5) is 14.9 Å². The largest absolute Gasteiger partial charge is 0.455 e. The van der Waals surface area contributed by atoms with Crippen LogP contribution in [0.1, 0.15) is 81.1 Å². The van der Waals surface area contributed by atoms with Gasteiger partial charge in [-0.3, -0.25) is 14.6 Å². The molecular formula is C43H63FN4O10. The van der Waals surface area contributed by atoms with Gasteiger partial charge in [-0.15, -0.1) is 0 Å². The molecule has 1 amide bonds. The quantitative estimate of drug-likeness (QED) is 0.180. The molecule has 58 heavy (non-hydrogen) atoms. The molecule has 0 aliphatic carbocycles. The van der Waals surface area contributed by atoms with E-state index in [0.29, 0.717) is 19.4 Å². The number of fused-ring (bicyclic) bond motifs is 2. The number of ketones is 2. The molecule has 1 aromatic heterocycles. The SMILES string of the molecule is CC[C@H]1OC(=O)[C@@](C)(F)C(=O)[C@H](C)[C@@H](O[C@@H]2O[C@H](C)C[C@H](N(C)C)[C@H]2O)[C@@](C)(OC)C[C@@H](C)C(=O)[C@H](C)[C@H]2N(CCCNc3cnc4ccccc4c3)C(=O)O[C@]12C. The number of aromatic nitrogens is 1. The highest BCUT2D eigenvalue weighted by molar-refractivity contribution is 6.08. The van der Waals surface area contributed by atoms with Gasteiger partial charge in [0.25, 0.3) is 5.67 Å². The van der Waals surface area contributed by atoms with Crippen LogP contribution in [-0.4, -0.2) is 137 Å². The summed E-state index contributed by atoms with van der Waals surface area (Å²) in [6, 6.07) is 8.45. The highest BCUT2D eigenvalue weighted by atomic mass is 19.1. The van der Waals surface area contributed by atoms with Crippen molar-refractivity contribution in [2.24, 2.45) is 17.8 Å². The van der Waals surface area contributed by atoms with E-state index in [2.05, 4.69) is 10.3 Å². The molecule has 3 saturated heterocycles. The van der Waals surface area contributed by atoms with Crippen LogP contribution >= 0.6 is 0 Å². The highest BCUT2D eigenvalue weighted by Crippen LogP contribution is 2.43. The fourth-order valence-corrected chi connectivity index (χ4v) is 9.36. The van der Waals surface area contributed by atoms with Gasteiger partial charge in [0.15, 0.2) is 17.7 Å². The van der Waals surface area contributed by atoms with Crippen molar-refractivity contribution in [1.82, 2.24) is 14.8 Å². The predicted molar refractivity (Wildman–Crippen MR) is 215 cm³/mol. The van der Waals surface area contributed by atoms with E-state index in [9.17, 15) is 24.3 Å². The molecule has 0 radical (unpaired) electrons. The number of nitrogens with one attached hydrogen (secondary N) is 1. The number of para-hydroxylation sites is 1. The van der Waals surface area contributed by atoms with Gasteiger partial charge in [-0.2, -0.15) is 0 Å². The number of nitrogens with zero attached hydrogens (tertiary/aromatic N) is 3. The molecule has 15 heteroatoms. The molecule has 0 saturated carbocycles. The molecule has 0 spiro atoms. The van der Waals surface area contributed by atoms with Gasteiger partial charge in [0.05, 0.1) is 41.3 Å². The van der Waals surface area contributed by atoms with Gasteiger partial charge in [-0.05, 0) is 79.6 Å². The number of rotatable bonds is 10. The number of carbonyl (C=O) groups is 4. The normalized spacial score (nSPS) is 38.0. The van der Waals surface area contributed by atoms with E-state index in [1.807, 2.05) is 56.3 Å². The van der Waals surface area contributed by atoms with E-state index in [1.54, 1.807) is 40.8 Å². The van der Waals surface area contributed by atoms with E-state index in [0.717, 1.165) is 23.5 Å². The number of cyclic esters (lactones) is 1.